The fourth-order valence-corrected chi connectivity index (χ4v) is 2.80. The lowest BCUT2D eigenvalue weighted by Crippen LogP contribution is -2.47. The first-order chi connectivity index (χ1) is 7.74. The summed E-state index contributed by atoms with van der Waals surface area (Å²) in [5.41, 5.74) is 1.15. The zero-order valence-corrected chi connectivity index (χ0v) is 10.4. The zero-order valence-electron chi connectivity index (χ0n) is 8.86. The molecule has 1 aromatic heterocycles. The van der Waals surface area contributed by atoms with Crippen molar-refractivity contribution in [3.05, 3.63) is 29.0 Å². The minimum absolute atomic E-state index is 0.00940. The predicted molar refractivity (Wildman–Crippen MR) is 65.7 cm³/mol. The summed E-state index contributed by atoms with van der Waals surface area (Å²) in [6.45, 7) is 1.56. The van der Waals surface area contributed by atoms with Crippen LogP contribution in [-0.4, -0.2) is 35.7 Å². The number of nitrogens with zero attached hydrogens (tertiary/aromatic N) is 1. The van der Waals surface area contributed by atoms with Crippen molar-refractivity contribution in [2.45, 2.75) is 5.75 Å². The Morgan fingerprint density at radius 2 is 2.31 bits per heavy atom. The number of hydrogen-bond acceptors (Lipinski definition) is 4. The summed E-state index contributed by atoms with van der Waals surface area (Å²) in [7, 11) is 0. The van der Waals surface area contributed by atoms with Gasteiger partial charge in [0.2, 0.25) is 0 Å². The molecule has 0 atom stereocenters. The lowest BCUT2D eigenvalue weighted by atomic mass is 9.90. The number of ether oxygens (including phenoxy) is 1. The Kier molecular flexibility index (Phi) is 4.08. The van der Waals surface area contributed by atoms with Crippen molar-refractivity contribution < 1.29 is 9.84 Å². The van der Waals surface area contributed by atoms with Gasteiger partial charge in [-0.15, -0.1) is 0 Å². The molecule has 1 aliphatic heterocycles. The highest BCUT2D eigenvalue weighted by molar-refractivity contribution is 7.98. The quantitative estimate of drug-likeness (QED) is 0.821. The number of aliphatic hydroxyl groups excluding tert-OH is 1. The van der Waals surface area contributed by atoms with Crippen LogP contribution in [0.3, 0.4) is 0 Å². The number of thioether (sulfide) groups is 1. The van der Waals surface area contributed by atoms with Crippen molar-refractivity contribution in [2.24, 2.45) is 5.41 Å². The van der Waals surface area contributed by atoms with Crippen LogP contribution in [0.15, 0.2) is 18.3 Å². The molecule has 1 aliphatic rings. The van der Waals surface area contributed by atoms with Crippen LogP contribution in [0, 0.1) is 5.41 Å². The second-order valence-electron chi connectivity index (χ2n) is 4.13. The molecular formula is C11H14ClNO2S. The Hall–Kier alpha value is -0.290. The van der Waals surface area contributed by atoms with Gasteiger partial charge in [-0.1, -0.05) is 17.7 Å². The molecule has 0 bridgehead atoms. The lowest BCUT2D eigenvalue weighted by Gasteiger charge is -2.39. The first-order valence-corrected chi connectivity index (χ1v) is 6.64. The van der Waals surface area contributed by atoms with E-state index in [0.29, 0.717) is 18.4 Å². The average Bonchev–Trinajstić information content (AvgIpc) is 2.25. The van der Waals surface area contributed by atoms with Crippen molar-refractivity contribution in [3.8, 4) is 0 Å². The molecule has 1 aromatic rings. The van der Waals surface area contributed by atoms with Gasteiger partial charge in [-0.25, -0.2) is 4.98 Å². The topological polar surface area (TPSA) is 42.4 Å². The van der Waals surface area contributed by atoms with Gasteiger partial charge in [-0.05, 0) is 11.6 Å². The highest BCUT2D eigenvalue weighted by atomic mass is 35.5. The third kappa shape index (κ3) is 2.88. The first kappa shape index (κ1) is 12.2. The molecule has 2 rings (SSSR count). The summed E-state index contributed by atoms with van der Waals surface area (Å²) >= 11 is 7.50. The Labute approximate surface area is 104 Å². The van der Waals surface area contributed by atoms with Crippen molar-refractivity contribution in [1.29, 1.82) is 0 Å². The van der Waals surface area contributed by atoms with Crippen molar-refractivity contribution in [1.82, 2.24) is 4.98 Å². The highest BCUT2D eigenvalue weighted by Crippen LogP contribution is 2.32. The third-order valence-electron chi connectivity index (χ3n) is 2.62. The van der Waals surface area contributed by atoms with E-state index in [9.17, 15) is 5.11 Å². The van der Waals surface area contributed by atoms with E-state index in [-0.39, 0.29) is 12.0 Å². The SMILES string of the molecule is OCC1(CSCc2ccc(Cl)nc2)COC1. The van der Waals surface area contributed by atoms with E-state index in [0.717, 1.165) is 17.1 Å². The second-order valence-corrected chi connectivity index (χ2v) is 5.51. The van der Waals surface area contributed by atoms with E-state index in [1.165, 1.54) is 0 Å². The maximum absolute atomic E-state index is 9.25. The van der Waals surface area contributed by atoms with Crippen LogP contribution < -0.4 is 0 Å². The van der Waals surface area contributed by atoms with Crippen LogP contribution in [0.1, 0.15) is 5.56 Å². The number of pyridine rings is 1. The van der Waals surface area contributed by atoms with E-state index in [1.807, 2.05) is 6.07 Å². The van der Waals surface area contributed by atoms with Crippen LogP contribution in [-0.2, 0) is 10.5 Å². The Bertz CT molecular complexity index is 335. The molecule has 0 aromatic carbocycles. The van der Waals surface area contributed by atoms with Gasteiger partial charge in [0.05, 0.1) is 19.8 Å². The molecule has 88 valence electrons. The third-order valence-corrected chi connectivity index (χ3v) is 4.20. The number of halogens is 1. The molecule has 0 radical (unpaired) electrons. The van der Waals surface area contributed by atoms with E-state index in [1.54, 1.807) is 24.0 Å². The molecular weight excluding hydrogens is 246 g/mol. The van der Waals surface area contributed by atoms with Gasteiger partial charge in [0.1, 0.15) is 5.15 Å². The minimum Gasteiger partial charge on any atom is -0.396 e. The molecule has 0 amide bonds. The number of aliphatic hydroxyl groups is 1. The summed E-state index contributed by atoms with van der Waals surface area (Å²) in [4.78, 5) is 4.03. The summed E-state index contributed by atoms with van der Waals surface area (Å²) in [5, 5.41) is 9.77. The minimum atomic E-state index is -0.00940. The summed E-state index contributed by atoms with van der Waals surface area (Å²) < 4.78 is 5.14. The van der Waals surface area contributed by atoms with Crippen molar-refractivity contribution in [2.75, 3.05) is 25.6 Å². The van der Waals surface area contributed by atoms with Crippen LogP contribution in [0.25, 0.3) is 0 Å². The lowest BCUT2D eigenvalue weighted by molar-refractivity contribution is -0.121. The Balaban J connectivity index is 1.77. The molecule has 1 fully saturated rings. The van der Waals surface area contributed by atoms with Gasteiger partial charge < -0.3 is 9.84 Å². The van der Waals surface area contributed by atoms with Crippen LogP contribution in [0.2, 0.25) is 5.15 Å². The number of aromatic nitrogens is 1. The van der Waals surface area contributed by atoms with Crippen molar-refractivity contribution >= 4 is 23.4 Å². The van der Waals surface area contributed by atoms with Gasteiger partial charge in [0.25, 0.3) is 0 Å². The summed E-state index contributed by atoms with van der Waals surface area (Å²) in [6.07, 6.45) is 1.79. The first-order valence-electron chi connectivity index (χ1n) is 5.11. The van der Waals surface area contributed by atoms with Gasteiger partial charge in [0, 0.05) is 23.1 Å². The van der Waals surface area contributed by atoms with Gasteiger partial charge in [-0.3, -0.25) is 0 Å². The fraction of sp³-hybridized carbons (Fsp3) is 0.545. The summed E-state index contributed by atoms with van der Waals surface area (Å²) in [5.74, 6) is 1.82. The van der Waals surface area contributed by atoms with Gasteiger partial charge in [0.15, 0.2) is 0 Å². The molecule has 16 heavy (non-hydrogen) atoms. The van der Waals surface area contributed by atoms with E-state index >= 15 is 0 Å². The number of hydrogen-bond donors (Lipinski definition) is 1. The molecule has 2 heterocycles. The van der Waals surface area contributed by atoms with Crippen LogP contribution in [0.5, 0.6) is 0 Å². The normalized spacial score (nSPS) is 18.1. The van der Waals surface area contributed by atoms with Gasteiger partial charge in [-0.2, -0.15) is 11.8 Å². The van der Waals surface area contributed by atoms with E-state index in [2.05, 4.69) is 4.98 Å². The Morgan fingerprint density at radius 1 is 1.50 bits per heavy atom. The standard InChI is InChI=1S/C11H14ClNO2S/c12-10-2-1-9(3-13-10)4-16-8-11(5-14)6-15-7-11/h1-3,14H,4-8H2. The second kappa shape index (κ2) is 5.36. The zero-order chi connectivity index (χ0) is 11.4. The van der Waals surface area contributed by atoms with Crippen LogP contribution >= 0.6 is 23.4 Å². The monoisotopic (exact) mass is 259 g/mol. The molecule has 1 N–H and O–H groups in total. The summed E-state index contributed by atoms with van der Waals surface area (Å²) in [6, 6.07) is 3.77. The van der Waals surface area contributed by atoms with E-state index in [4.69, 9.17) is 16.3 Å². The number of rotatable bonds is 5. The molecule has 1 saturated heterocycles. The fourth-order valence-electron chi connectivity index (χ4n) is 1.49. The van der Waals surface area contributed by atoms with E-state index < -0.39 is 0 Å². The maximum atomic E-state index is 9.25. The molecule has 0 aliphatic carbocycles. The highest BCUT2D eigenvalue weighted by Gasteiger charge is 2.37. The Morgan fingerprint density at radius 3 is 2.81 bits per heavy atom. The largest absolute Gasteiger partial charge is 0.396 e. The smallest absolute Gasteiger partial charge is 0.129 e. The predicted octanol–water partition coefficient (Wildman–Crippen LogP) is 1.98. The van der Waals surface area contributed by atoms with Crippen molar-refractivity contribution in [3.63, 3.8) is 0 Å². The molecule has 0 saturated carbocycles. The van der Waals surface area contributed by atoms with Crippen LogP contribution in [0.4, 0.5) is 0 Å². The average molecular weight is 260 g/mol. The molecule has 5 heteroatoms. The molecule has 3 nitrogen and oxygen atoms in total. The van der Waals surface area contributed by atoms with Gasteiger partial charge >= 0.3 is 0 Å². The molecule has 0 unspecified atom stereocenters. The maximum Gasteiger partial charge on any atom is 0.129 e. The molecule has 0 spiro atoms.